The molecule has 2 aromatic carbocycles. The van der Waals surface area contributed by atoms with Crippen molar-refractivity contribution in [1.82, 2.24) is 15.3 Å². The monoisotopic (exact) mass is 469 g/mol. The van der Waals surface area contributed by atoms with E-state index in [0.717, 1.165) is 42.4 Å². The summed E-state index contributed by atoms with van der Waals surface area (Å²) in [5.74, 6) is 1.50. The first-order valence-corrected chi connectivity index (χ1v) is 11.7. The molecular weight excluding hydrogens is 441 g/mol. The van der Waals surface area contributed by atoms with E-state index in [1.807, 2.05) is 43.3 Å². The van der Waals surface area contributed by atoms with E-state index < -0.39 is 5.82 Å². The number of nitrogens with zero attached hydrogens (tertiary/aromatic N) is 3. The van der Waals surface area contributed by atoms with Crippen LogP contribution in [0.1, 0.15) is 31.2 Å². The predicted molar refractivity (Wildman–Crippen MR) is 131 cm³/mol. The number of carbonyl (C=O) groups excluding carboxylic acids is 1. The molecule has 0 radical (unpaired) electrons. The molecule has 33 heavy (non-hydrogen) atoms. The number of hydrogen-bond donors (Lipinski definition) is 2. The van der Waals surface area contributed by atoms with Crippen molar-refractivity contribution in [1.29, 1.82) is 0 Å². The van der Waals surface area contributed by atoms with Gasteiger partial charge in [-0.2, -0.15) is 4.98 Å². The van der Waals surface area contributed by atoms with Gasteiger partial charge >= 0.3 is 0 Å². The third-order valence-electron chi connectivity index (χ3n) is 6.14. The summed E-state index contributed by atoms with van der Waals surface area (Å²) >= 11 is 6.02. The van der Waals surface area contributed by atoms with E-state index in [9.17, 15) is 9.18 Å². The van der Waals surface area contributed by atoms with Crippen LogP contribution in [-0.2, 0) is 11.2 Å². The first-order chi connectivity index (χ1) is 15.9. The summed E-state index contributed by atoms with van der Waals surface area (Å²) in [6.45, 7) is 0.640. The molecule has 1 aromatic heterocycles. The molecule has 0 atom stereocenters. The molecule has 1 fully saturated rings. The normalized spacial score (nSPS) is 18.2. The first-order valence-electron chi connectivity index (χ1n) is 11.3. The van der Waals surface area contributed by atoms with Crippen molar-refractivity contribution in [2.45, 2.75) is 38.1 Å². The maximum atomic E-state index is 13.2. The Morgan fingerprint density at radius 1 is 1.12 bits per heavy atom. The number of aromatic nitrogens is 2. The molecule has 1 aliphatic carbocycles. The number of halogens is 2. The minimum atomic E-state index is -0.401. The highest BCUT2D eigenvalue weighted by Gasteiger charge is 2.23. The van der Waals surface area contributed by atoms with Gasteiger partial charge in [-0.1, -0.05) is 29.8 Å². The number of hydrogen-bond acceptors (Lipinski definition) is 5. The van der Waals surface area contributed by atoms with Crippen LogP contribution >= 0.6 is 11.6 Å². The van der Waals surface area contributed by atoms with E-state index in [4.69, 9.17) is 21.6 Å². The molecule has 4 rings (SSSR count). The lowest BCUT2D eigenvalue weighted by molar-refractivity contribution is -0.120. The van der Waals surface area contributed by atoms with Crippen molar-refractivity contribution in [2.75, 3.05) is 30.9 Å². The first kappa shape index (κ1) is 23.2. The van der Waals surface area contributed by atoms with Crippen molar-refractivity contribution in [3.8, 4) is 0 Å². The molecule has 2 N–H and O–H groups in total. The topological polar surface area (TPSA) is 70.2 Å². The van der Waals surface area contributed by atoms with Crippen LogP contribution in [0.25, 0.3) is 10.9 Å². The summed E-state index contributed by atoms with van der Waals surface area (Å²) in [5.41, 5.74) is 1.56. The fourth-order valence-electron chi connectivity index (χ4n) is 4.32. The lowest BCUT2D eigenvalue weighted by atomic mass is 9.86. The zero-order chi connectivity index (χ0) is 23.4. The molecule has 6 nitrogen and oxygen atoms in total. The number of fused-ring (bicyclic) bond motifs is 1. The Labute approximate surface area is 198 Å². The largest absolute Gasteiger partial charge is 0.362 e. The Morgan fingerprint density at radius 2 is 1.88 bits per heavy atom. The van der Waals surface area contributed by atoms with Crippen LogP contribution in [-0.4, -0.2) is 42.6 Å². The van der Waals surface area contributed by atoms with Crippen LogP contribution in [0.3, 0.4) is 0 Å². The zero-order valence-electron chi connectivity index (χ0n) is 18.9. The van der Waals surface area contributed by atoms with Crippen LogP contribution in [0.15, 0.2) is 42.5 Å². The smallest absolute Gasteiger partial charge is 0.225 e. The Balaban J connectivity index is 1.27. The lowest BCUT2D eigenvalue weighted by Crippen LogP contribution is -2.34. The van der Waals surface area contributed by atoms with Crippen LogP contribution in [0.2, 0.25) is 5.02 Å². The molecule has 1 saturated carbocycles. The molecule has 1 aliphatic rings. The second-order valence-corrected chi connectivity index (χ2v) is 9.27. The van der Waals surface area contributed by atoms with E-state index in [2.05, 4.69) is 10.6 Å². The summed E-state index contributed by atoms with van der Waals surface area (Å²) in [7, 11) is 3.98. The Hall–Kier alpha value is -2.93. The molecule has 1 amide bonds. The van der Waals surface area contributed by atoms with Crippen molar-refractivity contribution >= 4 is 40.2 Å². The fourth-order valence-corrected chi connectivity index (χ4v) is 4.55. The highest BCUT2D eigenvalue weighted by atomic mass is 35.5. The van der Waals surface area contributed by atoms with Crippen molar-refractivity contribution in [3.05, 3.63) is 58.9 Å². The quantitative estimate of drug-likeness (QED) is 0.519. The van der Waals surface area contributed by atoms with Gasteiger partial charge in [-0.05, 0) is 61.4 Å². The number of rotatable bonds is 7. The number of benzene rings is 2. The van der Waals surface area contributed by atoms with Gasteiger partial charge in [-0.15, -0.1) is 0 Å². The van der Waals surface area contributed by atoms with Gasteiger partial charge in [-0.25, -0.2) is 9.37 Å². The zero-order valence-corrected chi connectivity index (χ0v) is 19.7. The van der Waals surface area contributed by atoms with Crippen molar-refractivity contribution < 1.29 is 9.18 Å². The molecule has 174 valence electrons. The molecule has 3 aromatic rings. The average molecular weight is 470 g/mol. The summed E-state index contributed by atoms with van der Waals surface area (Å²) in [4.78, 5) is 23.7. The fraction of sp³-hybridized carbons (Fsp3) is 0.400. The van der Waals surface area contributed by atoms with Gasteiger partial charge in [-0.3, -0.25) is 4.79 Å². The maximum absolute atomic E-state index is 13.2. The molecule has 0 spiro atoms. The number of para-hydroxylation sites is 1. The highest BCUT2D eigenvalue weighted by molar-refractivity contribution is 6.31. The Morgan fingerprint density at radius 3 is 2.61 bits per heavy atom. The van der Waals surface area contributed by atoms with E-state index in [-0.39, 0.29) is 17.4 Å². The third-order valence-corrected chi connectivity index (χ3v) is 6.49. The van der Waals surface area contributed by atoms with E-state index in [0.29, 0.717) is 30.0 Å². The lowest BCUT2D eigenvalue weighted by Gasteiger charge is -2.29. The maximum Gasteiger partial charge on any atom is 0.225 e. The van der Waals surface area contributed by atoms with Gasteiger partial charge in [0.15, 0.2) is 0 Å². The van der Waals surface area contributed by atoms with E-state index >= 15 is 0 Å². The molecular formula is C25H29ClFN5O. The van der Waals surface area contributed by atoms with Gasteiger partial charge in [0.05, 0.1) is 11.9 Å². The summed E-state index contributed by atoms with van der Waals surface area (Å²) in [5, 5.41) is 7.84. The minimum absolute atomic E-state index is 0.0930. The van der Waals surface area contributed by atoms with Gasteiger partial charge < -0.3 is 15.5 Å². The number of amides is 1. The van der Waals surface area contributed by atoms with E-state index in [1.165, 1.54) is 12.1 Å². The van der Waals surface area contributed by atoms with Crippen LogP contribution in [0.5, 0.6) is 0 Å². The third kappa shape index (κ3) is 5.90. The predicted octanol–water partition coefficient (Wildman–Crippen LogP) is 4.82. The van der Waals surface area contributed by atoms with E-state index in [1.54, 1.807) is 6.07 Å². The van der Waals surface area contributed by atoms with Gasteiger partial charge in [0, 0.05) is 37.1 Å². The van der Waals surface area contributed by atoms with Gasteiger partial charge in [0.25, 0.3) is 0 Å². The van der Waals surface area contributed by atoms with Crippen LogP contribution < -0.4 is 15.5 Å². The summed E-state index contributed by atoms with van der Waals surface area (Å²) < 4.78 is 13.2. The number of carbonyl (C=O) groups is 1. The van der Waals surface area contributed by atoms with Crippen LogP contribution in [0.4, 0.5) is 16.2 Å². The minimum Gasteiger partial charge on any atom is -0.362 e. The molecule has 0 aliphatic heterocycles. The Kier molecular flexibility index (Phi) is 7.28. The van der Waals surface area contributed by atoms with Gasteiger partial charge in [0.2, 0.25) is 11.9 Å². The summed E-state index contributed by atoms with van der Waals surface area (Å²) in [6.07, 6.45) is 4.19. The second-order valence-electron chi connectivity index (χ2n) is 8.86. The average Bonchev–Trinajstić information content (AvgIpc) is 2.80. The highest BCUT2D eigenvalue weighted by Crippen LogP contribution is 2.28. The second kappa shape index (κ2) is 10.3. The molecule has 0 saturated heterocycles. The van der Waals surface area contributed by atoms with Gasteiger partial charge in [0.1, 0.15) is 11.6 Å². The molecule has 8 heteroatoms. The van der Waals surface area contributed by atoms with Crippen molar-refractivity contribution in [2.24, 2.45) is 5.92 Å². The van der Waals surface area contributed by atoms with Crippen molar-refractivity contribution in [3.63, 3.8) is 0 Å². The van der Waals surface area contributed by atoms with Crippen LogP contribution in [0, 0.1) is 11.7 Å². The molecule has 1 heterocycles. The SMILES string of the molecule is CN(C)c1nc(NC2CCC(CNC(=O)Cc3ccc(F)cc3Cl)CC2)nc2ccccc12. The number of anilines is 2. The standard InChI is InChI=1S/C25H29ClFN5O/c1-32(2)24-20-5-3-4-6-22(20)30-25(31-24)29-19-11-7-16(8-12-19)15-28-23(33)13-17-9-10-18(27)14-21(17)26/h3-6,9-10,14,16,19H,7-8,11-13,15H2,1-2H3,(H,28,33)(H,29,30,31). The number of nitrogens with one attached hydrogen (secondary N) is 2. The summed E-state index contributed by atoms with van der Waals surface area (Å²) in [6, 6.07) is 12.5. The Bertz CT molecular complexity index is 1130. The molecule has 0 bridgehead atoms. The molecule has 0 unspecified atom stereocenters.